The quantitative estimate of drug-likeness (QED) is 0.195. The summed E-state index contributed by atoms with van der Waals surface area (Å²) >= 11 is 0. The van der Waals surface area contributed by atoms with Gasteiger partial charge in [-0.15, -0.1) is 0 Å². The number of hydrogen-bond acceptors (Lipinski definition) is 8. The molecule has 55 heavy (non-hydrogen) atoms. The number of rotatable bonds is 7. The lowest BCUT2D eigenvalue weighted by molar-refractivity contribution is -0.130. The Labute approximate surface area is 320 Å². The van der Waals surface area contributed by atoms with Gasteiger partial charge in [0, 0.05) is 25.2 Å². The first kappa shape index (κ1) is 38.7. The number of nitrogens with one attached hydrogen (secondary N) is 4. The number of fused-ring (bicyclic) bond motifs is 15. The van der Waals surface area contributed by atoms with Gasteiger partial charge in [0.05, 0.1) is 12.1 Å². The number of ether oxygens (including phenoxy) is 1. The molecule has 0 unspecified atom stereocenters. The zero-order valence-corrected chi connectivity index (χ0v) is 31.9. The van der Waals surface area contributed by atoms with Gasteiger partial charge in [0.2, 0.25) is 17.7 Å². The summed E-state index contributed by atoms with van der Waals surface area (Å²) in [5.74, 6) is -0.211. The molecule has 5 aromatic rings. The van der Waals surface area contributed by atoms with E-state index in [2.05, 4.69) is 50.2 Å². The number of aromatic nitrogens is 5. The van der Waals surface area contributed by atoms with Crippen LogP contribution in [-0.4, -0.2) is 72.5 Å². The maximum atomic E-state index is 14.4. The summed E-state index contributed by atoms with van der Waals surface area (Å²) in [5, 5.41) is 16.6. The minimum atomic E-state index is -1.07. The predicted molar refractivity (Wildman–Crippen MR) is 206 cm³/mol. The molecule has 5 heterocycles. The van der Waals surface area contributed by atoms with Crippen LogP contribution in [0.25, 0.3) is 5.65 Å². The van der Waals surface area contributed by atoms with Crippen molar-refractivity contribution in [1.82, 2.24) is 45.4 Å². The molecule has 0 radical (unpaired) electrons. The molecule has 288 valence electrons. The lowest BCUT2D eigenvalue weighted by atomic mass is 10.00. The molecule has 14 nitrogen and oxygen atoms in total. The lowest BCUT2D eigenvalue weighted by Crippen LogP contribution is -2.55. The summed E-state index contributed by atoms with van der Waals surface area (Å²) in [7, 11) is 0. The largest absolute Gasteiger partial charge is 0.491 e. The molecule has 2 aliphatic heterocycles. The molecule has 2 bridgehead atoms. The van der Waals surface area contributed by atoms with Gasteiger partial charge < -0.3 is 30.4 Å². The Morgan fingerprint density at radius 2 is 1.65 bits per heavy atom. The summed E-state index contributed by atoms with van der Waals surface area (Å²) in [4.78, 5) is 64.9. The first-order valence-corrected chi connectivity index (χ1v) is 18.7. The molecule has 4 N–H and O–H groups in total. The van der Waals surface area contributed by atoms with Crippen LogP contribution in [0.2, 0.25) is 0 Å². The van der Waals surface area contributed by atoms with Crippen LogP contribution in [-0.2, 0) is 33.8 Å². The van der Waals surface area contributed by atoms with E-state index in [1.54, 1.807) is 41.9 Å². The van der Waals surface area contributed by atoms with Crippen LogP contribution < -0.4 is 26.0 Å². The van der Waals surface area contributed by atoms with E-state index in [9.17, 15) is 19.2 Å². The van der Waals surface area contributed by atoms with Crippen molar-refractivity contribution >= 4 is 29.3 Å². The molecule has 7 rings (SSSR count). The SMILES string of the molecule is Cc1nc2n(n1)CC(=O)N[C@@H](CC(C)C)COc1ccc(cc1)C[C@H](NC(=O)c1cn3ccccc3n1)C(=O)N[C@@H](Cc1ccccc1)C(=O)N[C@H]2C(C)C. The Morgan fingerprint density at radius 3 is 2.36 bits per heavy atom. The fraction of sp³-hybridized carbons (Fsp3) is 0.390. The van der Waals surface area contributed by atoms with Crippen molar-refractivity contribution in [2.45, 2.75) is 84.6 Å². The second kappa shape index (κ2) is 17.4. The third kappa shape index (κ3) is 10.1. The van der Waals surface area contributed by atoms with Crippen molar-refractivity contribution in [3.05, 3.63) is 114 Å². The van der Waals surface area contributed by atoms with Crippen molar-refractivity contribution in [3.63, 3.8) is 0 Å². The van der Waals surface area contributed by atoms with E-state index >= 15 is 0 Å². The standard InChI is InChI=1S/C41H49N9O5/c1-25(2)19-30-24-55-31-16-14-29(15-17-31)21-32(46-41(54)34-22-49-18-10-9-13-35(49)44-34)39(52)45-33(20-28-11-7-6-8-12-28)40(53)47-37(26(3)4)38-42-27(5)48-50(38)23-36(51)43-30/h6-18,22,25-26,30,32-33,37H,19-21,23-24H2,1-5H3,(H,43,51)(H,45,52)(H,46,54)(H,47,53)/t30-,32-,33-,37-/m0/s1. The van der Waals surface area contributed by atoms with E-state index < -0.39 is 35.8 Å². The molecule has 0 spiro atoms. The molecular formula is C41H49N9O5. The molecule has 14 heteroatoms. The van der Waals surface area contributed by atoms with E-state index in [1.807, 2.05) is 68.4 Å². The Balaban J connectivity index is 1.37. The van der Waals surface area contributed by atoms with Gasteiger partial charge in [0.1, 0.15) is 48.2 Å². The van der Waals surface area contributed by atoms with Gasteiger partial charge in [-0.1, -0.05) is 76.2 Å². The summed E-state index contributed by atoms with van der Waals surface area (Å²) in [5.41, 5.74) is 2.31. The van der Waals surface area contributed by atoms with E-state index in [1.165, 1.54) is 4.68 Å². The summed E-state index contributed by atoms with van der Waals surface area (Å²) in [6.45, 7) is 9.90. The third-order valence-corrected chi connectivity index (χ3v) is 9.41. The molecular weight excluding hydrogens is 699 g/mol. The molecule has 0 fully saturated rings. The second-order valence-electron chi connectivity index (χ2n) is 14.8. The number of pyridine rings is 1. The number of aryl methyl sites for hydroxylation is 1. The average Bonchev–Trinajstić information content (AvgIpc) is 3.75. The lowest BCUT2D eigenvalue weighted by Gasteiger charge is -2.27. The van der Waals surface area contributed by atoms with Crippen LogP contribution in [0.15, 0.2) is 85.2 Å². The monoisotopic (exact) mass is 747 g/mol. The van der Waals surface area contributed by atoms with Crippen molar-refractivity contribution < 1.29 is 23.9 Å². The van der Waals surface area contributed by atoms with E-state index in [0.29, 0.717) is 29.5 Å². The minimum Gasteiger partial charge on any atom is -0.491 e. The highest BCUT2D eigenvalue weighted by Crippen LogP contribution is 2.22. The number of carbonyl (C=O) groups is 4. The number of imidazole rings is 1. The molecule has 0 saturated carbocycles. The highest BCUT2D eigenvalue weighted by Gasteiger charge is 2.32. The van der Waals surface area contributed by atoms with E-state index in [0.717, 1.165) is 11.1 Å². The predicted octanol–water partition coefficient (Wildman–Crippen LogP) is 3.74. The van der Waals surface area contributed by atoms with Crippen molar-refractivity contribution in [2.75, 3.05) is 6.61 Å². The van der Waals surface area contributed by atoms with Crippen LogP contribution in [0.5, 0.6) is 5.75 Å². The maximum Gasteiger partial charge on any atom is 0.272 e. The molecule has 0 aliphatic carbocycles. The van der Waals surface area contributed by atoms with Crippen molar-refractivity contribution in [1.29, 1.82) is 0 Å². The molecule has 4 atom stereocenters. The van der Waals surface area contributed by atoms with Gasteiger partial charge in [0.25, 0.3) is 5.91 Å². The highest BCUT2D eigenvalue weighted by atomic mass is 16.5. The first-order chi connectivity index (χ1) is 26.4. The Bertz CT molecular complexity index is 2080. The third-order valence-electron chi connectivity index (χ3n) is 9.41. The zero-order valence-electron chi connectivity index (χ0n) is 31.9. The molecule has 4 amide bonds. The highest BCUT2D eigenvalue weighted by molar-refractivity contribution is 5.97. The fourth-order valence-electron chi connectivity index (χ4n) is 6.72. The number of nitrogens with zero attached hydrogens (tertiary/aromatic N) is 5. The molecule has 3 aromatic heterocycles. The van der Waals surface area contributed by atoms with Crippen LogP contribution in [0.3, 0.4) is 0 Å². The normalized spacial score (nSPS) is 20.0. The van der Waals surface area contributed by atoms with Crippen LogP contribution in [0, 0.1) is 18.8 Å². The van der Waals surface area contributed by atoms with Crippen molar-refractivity contribution in [2.24, 2.45) is 11.8 Å². The number of hydrogen-bond donors (Lipinski definition) is 4. The topological polar surface area (TPSA) is 174 Å². The first-order valence-electron chi connectivity index (χ1n) is 18.7. The van der Waals surface area contributed by atoms with Crippen LogP contribution >= 0.6 is 0 Å². The second-order valence-corrected chi connectivity index (χ2v) is 14.8. The van der Waals surface area contributed by atoms with Crippen LogP contribution in [0.1, 0.15) is 73.4 Å². The molecule has 2 aliphatic rings. The van der Waals surface area contributed by atoms with Gasteiger partial charge in [-0.2, -0.15) is 5.10 Å². The summed E-state index contributed by atoms with van der Waals surface area (Å²) in [6.07, 6.45) is 4.37. The van der Waals surface area contributed by atoms with E-state index in [4.69, 9.17) is 4.74 Å². The zero-order chi connectivity index (χ0) is 39.1. The average molecular weight is 748 g/mol. The van der Waals surface area contributed by atoms with Crippen molar-refractivity contribution in [3.8, 4) is 5.75 Å². The minimum absolute atomic E-state index is 0.115. The number of amides is 4. The van der Waals surface area contributed by atoms with Gasteiger partial charge in [-0.3, -0.25) is 19.2 Å². The fourth-order valence-corrected chi connectivity index (χ4v) is 6.72. The van der Waals surface area contributed by atoms with Crippen LogP contribution in [0.4, 0.5) is 0 Å². The maximum absolute atomic E-state index is 14.4. The van der Waals surface area contributed by atoms with Gasteiger partial charge >= 0.3 is 0 Å². The number of benzene rings is 2. The summed E-state index contributed by atoms with van der Waals surface area (Å²) in [6, 6.07) is 19.0. The van der Waals surface area contributed by atoms with Gasteiger partial charge in [0.15, 0.2) is 5.82 Å². The Kier molecular flexibility index (Phi) is 12.2. The van der Waals surface area contributed by atoms with Gasteiger partial charge in [-0.05, 0) is 60.6 Å². The van der Waals surface area contributed by atoms with Gasteiger partial charge in [-0.25, -0.2) is 14.6 Å². The smallest absolute Gasteiger partial charge is 0.272 e. The number of carbonyl (C=O) groups excluding carboxylic acids is 4. The Hall–Kier alpha value is -6.05. The summed E-state index contributed by atoms with van der Waals surface area (Å²) < 4.78 is 9.40. The molecule has 2 aromatic carbocycles. The van der Waals surface area contributed by atoms with E-state index in [-0.39, 0.29) is 55.5 Å². The Morgan fingerprint density at radius 1 is 0.909 bits per heavy atom. The molecule has 0 saturated heterocycles.